The molecule has 6 rings (SSSR count). The van der Waals surface area contributed by atoms with Gasteiger partial charge in [-0.15, -0.1) is 0 Å². The number of hydrogen-bond donors (Lipinski definition) is 5. The molecule has 0 aliphatic rings. The van der Waals surface area contributed by atoms with Crippen molar-refractivity contribution in [3.05, 3.63) is 116 Å². The van der Waals surface area contributed by atoms with Crippen LogP contribution in [0, 0.1) is 10.1 Å². The number of rotatable bonds is 78. The maximum absolute atomic E-state index is 15.6. The van der Waals surface area contributed by atoms with Crippen LogP contribution >= 0.6 is 0 Å². The normalized spacial score (nSPS) is 11.0. The molecule has 0 fully saturated rings. The van der Waals surface area contributed by atoms with Gasteiger partial charge in [-0.2, -0.15) is 0 Å². The van der Waals surface area contributed by atoms with Gasteiger partial charge in [0.15, 0.2) is 0 Å². The Balaban J connectivity index is 1.47. The Bertz CT molecular complexity index is 4570. The van der Waals surface area contributed by atoms with Gasteiger partial charge in [0, 0.05) is 85.1 Å². The van der Waals surface area contributed by atoms with Gasteiger partial charge in [-0.05, 0) is 30.3 Å². The second kappa shape index (κ2) is 67.6. The van der Waals surface area contributed by atoms with Crippen molar-refractivity contribution < 1.29 is 181 Å². The topological polar surface area (TPSA) is 492 Å². The number of methoxy groups -OCH3 is 13. The summed E-state index contributed by atoms with van der Waals surface area (Å²) in [6.45, 7) is 5.86. The van der Waals surface area contributed by atoms with E-state index in [0.29, 0.717) is 79.3 Å². The highest BCUT2D eigenvalue weighted by Crippen LogP contribution is 2.43. The Morgan fingerprint density at radius 2 is 0.390 bits per heavy atom. The molecule has 6 aromatic rings. The largest absolute Gasteiger partial charge is 0.496 e. The monoisotopic (exact) mass is 1930 g/mol. The zero-order valence-corrected chi connectivity index (χ0v) is 79.3. The first-order valence-electron chi connectivity index (χ1n) is 43.1. The first-order valence-corrected chi connectivity index (χ1v) is 43.1. The van der Waals surface area contributed by atoms with Gasteiger partial charge in [0.1, 0.15) is 108 Å². The molecule has 756 valence electrons. The average molecular weight is 1930 g/mol. The lowest BCUT2D eigenvalue weighted by atomic mass is 10.1. The van der Waals surface area contributed by atoms with Crippen molar-refractivity contribution in [3.8, 4) is 69.0 Å². The molecule has 0 unspecified atom stereocenters. The molecule has 0 aromatic heterocycles. The lowest BCUT2D eigenvalue weighted by Crippen LogP contribution is -2.21. The molecule has 5 amide bonds. The minimum Gasteiger partial charge on any atom is -0.496 e. The first kappa shape index (κ1) is 113. The van der Waals surface area contributed by atoms with Crippen molar-refractivity contribution in [3.63, 3.8) is 0 Å². The fourth-order valence-corrected chi connectivity index (χ4v) is 11.9. The average Bonchev–Trinajstić information content (AvgIpc) is 0.789. The van der Waals surface area contributed by atoms with Crippen molar-refractivity contribution in [1.29, 1.82) is 0 Å². The van der Waals surface area contributed by atoms with Crippen LogP contribution < -0.4 is 83.4 Å². The smallest absolute Gasteiger partial charge is 0.341 e. The van der Waals surface area contributed by atoms with E-state index < -0.39 is 46.1 Å². The van der Waals surface area contributed by atoms with Crippen molar-refractivity contribution in [1.82, 2.24) is 0 Å². The number of nitrogens with one attached hydrogen (secondary N) is 5. The SMILES string of the molecule is COCCOCCOCCOc1cc(OCCOCCOCCOC)c(C(=O)Nc2cc(C(=O)Nc3cc(C(=O)OC)c(OCCOCCOCCOC)cc3OCCOCCOCCOC)c(OC)cc2OC)cc1NC(=O)c1cc(NC(=O)c2cc(NC(=O)c3cc([N+](=O)[O-])c(OC)cc3OC)c(OCCOCCOCCOC)cc2OCCOCCOCCOC)c(OC)cc1OC. The van der Waals surface area contributed by atoms with Gasteiger partial charge in [0.05, 0.1) is 309 Å². The zero-order valence-electron chi connectivity index (χ0n) is 79.3. The van der Waals surface area contributed by atoms with Crippen LogP contribution in [0.4, 0.5) is 34.1 Å². The van der Waals surface area contributed by atoms with E-state index in [1.54, 1.807) is 42.7 Å². The van der Waals surface area contributed by atoms with E-state index >= 15 is 19.2 Å². The Hall–Kier alpha value is -11.6. The molecule has 136 heavy (non-hydrogen) atoms. The molecule has 45 nitrogen and oxygen atoms in total. The molecular formula is C91H128N6O39. The summed E-state index contributed by atoms with van der Waals surface area (Å²) >= 11 is 0. The van der Waals surface area contributed by atoms with Gasteiger partial charge in [-0.3, -0.25) is 34.1 Å². The van der Waals surface area contributed by atoms with Gasteiger partial charge in [-0.1, -0.05) is 0 Å². The lowest BCUT2D eigenvalue weighted by molar-refractivity contribution is -0.385. The van der Waals surface area contributed by atoms with E-state index in [0.717, 1.165) is 6.07 Å². The highest BCUT2D eigenvalue weighted by atomic mass is 16.6. The first-order chi connectivity index (χ1) is 66.3. The van der Waals surface area contributed by atoms with E-state index in [4.69, 9.17) is 147 Å². The van der Waals surface area contributed by atoms with Crippen LogP contribution in [0.15, 0.2) is 72.8 Å². The quantitative estimate of drug-likeness (QED) is 0.0104. The molecule has 5 N–H and O–H groups in total. The highest BCUT2D eigenvalue weighted by molar-refractivity contribution is 6.15. The molecule has 0 heterocycles. The number of nitro benzene ring substituents is 1. The van der Waals surface area contributed by atoms with Crippen molar-refractivity contribution in [2.75, 3.05) is 357 Å². The van der Waals surface area contributed by atoms with E-state index in [9.17, 15) is 19.7 Å². The van der Waals surface area contributed by atoms with Gasteiger partial charge < -0.3 is 173 Å². The van der Waals surface area contributed by atoms with Crippen LogP contribution in [-0.2, 0) is 90.0 Å². The van der Waals surface area contributed by atoms with Crippen LogP contribution in [0.2, 0.25) is 0 Å². The number of carbonyl (C=O) groups excluding carboxylic acids is 6. The van der Waals surface area contributed by atoms with Gasteiger partial charge in [-0.25, -0.2) is 4.79 Å². The summed E-state index contributed by atoms with van der Waals surface area (Å²) in [5.74, 6) is -6.51. The zero-order chi connectivity index (χ0) is 98.3. The third kappa shape index (κ3) is 40.0. The van der Waals surface area contributed by atoms with Gasteiger partial charge in [0.25, 0.3) is 29.5 Å². The number of benzene rings is 6. The number of hydrogen-bond acceptors (Lipinski definition) is 39. The minimum absolute atomic E-state index is 0.0105. The maximum Gasteiger partial charge on any atom is 0.341 e. The lowest BCUT2D eigenvalue weighted by Gasteiger charge is -2.21. The van der Waals surface area contributed by atoms with Gasteiger partial charge >= 0.3 is 11.7 Å². The number of carbonyl (C=O) groups is 6. The Morgan fingerprint density at radius 3 is 0.610 bits per heavy atom. The summed E-state index contributed by atoms with van der Waals surface area (Å²) in [7, 11) is 18.1. The Morgan fingerprint density at radius 1 is 0.213 bits per heavy atom. The fraction of sp³-hybridized carbons (Fsp3) is 0.538. The van der Waals surface area contributed by atoms with Crippen LogP contribution in [0.25, 0.3) is 0 Å². The van der Waals surface area contributed by atoms with E-state index in [1.807, 2.05) is 0 Å². The highest BCUT2D eigenvalue weighted by Gasteiger charge is 2.31. The van der Waals surface area contributed by atoms with Crippen LogP contribution in [0.3, 0.4) is 0 Å². The molecule has 0 radical (unpaired) electrons. The van der Waals surface area contributed by atoms with Crippen molar-refractivity contribution in [2.45, 2.75) is 0 Å². The second-order valence-corrected chi connectivity index (χ2v) is 27.7. The standard InChI is InChI=1S/C91H128N6O39/c1-106-14-20-119-26-32-125-38-44-131-77-59-82(134-47-41-128-35-29-122-23-17-109-4)70(52-64(77)88(100)93-69-51-63(75(113-8)57-81(69)116-11)87(99)96-72-54-67(91(103)118-13)79(133-46-40-127-34-28-121-22-16-108-3)61-84(72)136-49-43-130-37-31-124-25-19-111-6)94-86(98)62-50-68(80(115-10)56-74(62)112-7)92-89(101)65-53-71(95-90(102)66-55-73(97(104)105)85(117-12)58-76(66)114-9)83(135-48-42-129-36-30-123-24-18-110-5)60-78(65)132-45-39-126-33-27-120-21-15-107-2/h50-61H,14-49H2,1-13H3,(H,92,101)(H,93,100)(H,94,98)(H,95,102)(H,96,99). The minimum atomic E-state index is -0.964. The number of amides is 5. The third-order valence-electron chi connectivity index (χ3n) is 18.6. The molecule has 45 heteroatoms. The molecule has 0 saturated carbocycles. The molecule has 0 aliphatic carbocycles. The molecule has 0 atom stereocenters. The number of nitrogens with zero attached hydrogens (tertiary/aromatic N) is 1. The Labute approximate surface area is 789 Å². The summed E-state index contributed by atoms with van der Waals surface area (Å²) < 4.78 is 175. The number of ether oxygens (including phenoxy) is 31. The molecule has 6 aromatic carbocycles. The second-order valence-electron chi connectivity index (χ2n) is 27.7. The van der Waals surface area contributed by atoms with Crippen molar-refractivity contribution in [2.24, 2.45) is 0 Å². The van der Waals surface area contributed by atoms with Crippen LogP contribution in [-0.4, -0.2) is 371 Å². The number of anilines is 5. The number of esters is 1. The summed E-state index contributed by atoms with van der Waals surface area (Å²) in [4.78, 5) is 101. The fourth-order valence-electron chi connectivity index (χ4n) is 11.9. The summed E-state index contributed by atoms with van der Waals surface area (Å²) in [5.41, 5.74) is -2.70. The summed E-state index contributed by atoms with van der Waals surface area (Å²) in [6.07, 6.45) is 0. The van der Waals surface area contributed by atoms with E-state index in [2.05, 4.69) is 26.6 Å². The van der Waals surface area contributed by atoms with Crippen LogP contribution in [0.5, 0.6) is 69.0 Å². The summed E-state index contributed by atoms with van der Waals surface area (Å²) in [6, 6.07) is 15.1. The van der Waals surface area contributed by atoms with Crippen LogP contribution in [0.1, 0.15) is 62.1 Å². The number of nitro groups is 1. The Kier molecular flexibility index (Phi) is 56.2. The molecule has 0 aliphatic heterocycles. The molecular weight excluding hydrogens is 1800 g/mol. The predicted octanol–water partition coefficient (Wildman–Crippen LogP) is 8.04. The van der Waals surface area contributed by atoms with Crippen molar-refractivity contribution >= 4 is 69.6 Å². The molecule has 0 saturated heterocycles. The van der Waals surface area contributed by atoms with E-state index in [1.165, 1.54) is 116 Å². The maximum atomic E-state index is 15.6. The van der Waals surface area contributed by atoms with Gasteiger partial charge in [0.2, 0.25) is 5.75 Å². The van der Waals surface area contributed by atoms with E-state index in [-0.39, 0.29) is 289 Å². The molecule has 0 spiro atoms. The third-order valence-corrected chi connectivity index (χ3v) is 18.6. The molecule has 0 bridgehead atoms. The predicted molar refractivity (Wildman–Crippen MR) is 490 cm³/mol. The summed E-state index contributed by atoms with van der Waals surface area (Å²) in [5, 5.41) is 26.4.